The quantitative estimate of drug-likeness (QED) is 0.733. The van der Waals surface area contributed by atoms with Crippen molar-refractivity contribution >= 4 is 22.0 Å². The van der Waals surface area contributed by atoms with Gasteiger partial charge < -0.3 is 4.90 Å². The fourth-order valence-corrected chi connectivity index (χ4v) is 4.61. The molecule has 0 radical (unpaired) electrons. The Kier molecular flexibility index (Phi) is 5.03. The van der Waals surface area contributed by atoms with Gasteiger partial charge in [-0.05, 0) is 25.0 Å². The number of aromatic nitrogens is 3. The molecule has 0 N–H and O–H groups in total. The molecular weight excluding hydrogens is 378 g/mol. The van der Waals surface area contributed by atoms with Gasteiger partial charge in [-0.3, -0.25) is 4.79 Å². The maximum Gasteiger partial charge on any atom is 0.236 e. The minimum Gasteiger partial charge on any atom is -0.337 e. The standard InChI is InChI=1S/C19H23N5O3S/c1-15-4-6-16(7-5-15)8-10-28(26,27)23-13-18(14-23)24-12-17(20-21-24)11-22-9-2-3-19(22)25/h4-8,10,12,18H,2-3,9,11,13-14H2,1H3/b10-8+. The Morgan fingerprint density at radius 3 is 2.64 bits per heavy atom. The van der Waals surface area contributed by atoms with Gasteiger partial charge in [-0.1, -0.05) is 35.0 Å². The Balaban J connectivity index is 1.33. The van der Waals surface area contributed by atoms with E-state index in [9.17, 15) is 13.2 Å². The topological polar surface area (TPSA) is 88.4 Å². The van der Waals surface area contributed by atoms with E-state index in [1.165, 1.54) is 9.71 Å². The van der Waals surface area contributed by atoms with E-state index >= 15 is 0 Å². The Morgan fingerprint density at radius 2 is 1.96 bits per heavy atom. The molecule has 9 heteroatoms. The number of amides is 1. The molecule has 1 amide bonds. The largest absolute Gasteiger partial charge is 0.337 e. The lowest BCUT2D eigenvalue weighted by Gasteiger charge is -2.36. The molecule has 148 valence electrons. The van der Waals surface area contributed by atoms with E-state index in [0.29, 0.717) is 26.1 Å². The van der Waals surface area contributed by atoms with E-state index < -0.39 is 10.0 Å². The van der Waals surface area contributed by atoms with Gasteiger partial charge in [0.25, 0.3) is 0 Å². The summed E-state index contributed by atoms with van der Waals surface area (Å²) in [6.45, 7) is 3.95. The fraction of sp³-hybridized carbons (Fsp3) is 0.421. The van der Waals surface area contributed by atoms with Crippen LogP contribution in [0.5, 0.6) is 0 Å². The van der Waals surface area contributed by atoms with Gasteiger partial charge in [0.1, 0.15) is 5.69 Å². The minimum atomic E-state index is -3.45. The van der Waals surface area contributed by atoms with Gasteiger partial charge in [-0.15, -0.1) is 5.10 Å². The summed E-state index contributed by atoms with van der Waals surface area (Å²) in [5.41, 5.74) is 2.71. The van der Waals surface area contributed by atoms with Gasteiger partial charge in [0.2, 0.25) is 15.9 Å². The molecule has 2 saturated heterocycles. The molecule has 0 atom stereocenters. The molecule has 0 saturated carbocycles. The molecule has 0 bridgehead atoms. The van der Waals surface area contributed by atoms with Crippen molar-refractivity contribution in [3.63, 3.8) is 0 Å². The highest BCUT2D eigenvalue weighted by molar-refractivity contribution is 7.92. The number of hydrogen-bond acceptors (Lipinski definition) is 5. The zero-order valence-electron chi connectivity index (χ0n) is 15.7. The normalized spacial score (nSPS) is 18.9. The van der Waals surface area contributed by atoms with Crippen molar-refractivity contribution in [2.45, 2.75) is 32.4 Å². The molecule has 2 aliphatic rings. The predicted molar refractivity (Wildman–Crippen MR) is 104 cm³/mol. The van der Waals surface area contributed by atoms with Crippen molar-refractivity contribution in [1.82, 2.24) is 24.2 Å². The monoisotopic (exact) mass is 401 g/mol. The third-order valence-corrected chi connectivity index (χ3v) is 6.65. The van der Waals surface area contributed by atoms with Crippen molar-refractivity contribution in [1.29, 1.82) is 0 Å². The number of hydrogen-bond donors (Lipinski definition) is 0. The van der Waals surface area contributed by atoms with Crippen molar-refractivity contribution in [2.75, 3.05) is 19.6 Å². The van der Waals surface area contributed by atoms with Crippen molar-refractivity contribution in [3.05, 3.63) is 52.7 Å². The average molecular weight is 401 g/mol. The predicted octanol–water partition coefficient (Wildman–Crippen LogP) is 1.57. The lowest BCUT2D eigenvalue weighted by atomic mass is 10.2. The van der Waals surface area contributed by atoms with Gasteiger partial charge in [0, 0.05) is 31.5 Å². The maximum absolute atomic E-state index is 12.5. The van der Waals surface area contributed by atoms with Crippen LogP contribution in [0.3, 0.4) is 0 Å². The second kappa shape index (κ2) is 7.48. The van der Waals surface area contributed by atoms with Crippen LogP contribution < -0.4 is 0 Å². The highest BCUT2D eigenvalue weighted by atomic mass is 32.2. The Bertz CT molecular complexity index is 991. The minimum absolute atomic E-state index is 0.0296. The van der Waals surface area contributed by atoms with E-state index in [1.807, 2.05) is 37.4 Å². The molecule has 0 unspecified atom stereocenters. The van der Waals surface area contributed by atoms with Gasteiger partial charge in [0.15, 0.2) is 0 Å². The number of likely N-dealkylation sites (tertiary alicyclic amines) is 1. The number of benzene rings is 1. The zero-order valence-corrected chi connectivity index (χ0v) is 16.5. The fourth-order valence-electron chi connectivity index (χ4n) is 3.35. The van der Waals surface area contributed by atoms with E-state index in [4.69, 9.17) is 0 Å². The molecule has 1 aromatic heterocycles. The number of sulfonamides is 1. The summed E-state index contributed by atoms with van der Waals surface area (Å²) in [5.74, 6) is 0.149. The van der Waals surface area contributed by atoms with Crippen LogP contribution in [-0.4, -0.2) is 58.2 Å². The van der Waals surface area contributed by atoms with Crippen LogP contribution in [0.2, 0.25) is 0 Å². The van der Waals surface area contributed by atoms with Crippen LogP contribution in [0, 0.1) is 6.92 Å². The first kappa shape index (κ1) is 18.8. The smallest absolute Gasteiger partial charge is 0.236 e. The third kappa shape index (κ3) is 4.00. The molecule has 2 aromatic rings. The van der Waals surface area contributed by atoms with E-state index in [0.717, 1.165) is 29.8 Å². The first-order valence-electron chi connectivity index (χ1n) is 9.34. The van der Waals surface area contributed by atoms with Crippen LogP contribution in [0.25, 0.3) is 6.08 Å². The van der Waals surface area contributed by atoms with Crippen molar-refractivity contribution in [2.24, 2.45) is 0 Å². The van der Waals surface area contributed by atoms with Crippen LogP contribution in [0.15, 0.2) is 35.9 Å². The van der Waals surface area contributed by atoms with Crippen LogP contribution in [0.1, 0.15) is 35.7 Å². The summed E-state index contributed by atoms with van der Waals surface area (Å²) in [6.07, 6.45) is 4.91. The molecule has 2 aliphatic heterocycles. The summed E-state index contributed by atoms with van der Waals surface area (Å²) in [7, 11) is -3.45. The number of aryl methyl sites for hydroxylation is 1. The summed E-state index contributed by atoms with van der Waals surface area (Å²) >= 11 is 0. The Morgan fingerprint density at radius 1 is 1.21 bits per heavy atom. The van der Waals surface area contributed by atoms with E-state index in [-0.39, 0.29) is 11.9 Å². The highest BCUT2D eigenvalue weighted by Gasteiger charge is 2.36. The van der Waals surface area contributed by atoms with Crippen LogP contribution in [0.4, 0.5) is 0 Å². The second-order valence-electron chi connectivity index (χ2n) is 7.34. The molecule has 28 heavy (non-hydrogen) atoms. The maximum atomic E-state index is 12.5. The van der Waals surface area contributed by atoms with Gasteiger partial charge >= 0.3 is 0 Å². The van der Waals surface area contributed by atoms with E-state index in [1.54, 1.807) is 15.7 Å². The lowest BCUT2D eigenvalue weighted by molar-refractivity contribution is -0.128. The number of carbonyl (C=O) groups is 1. The molecule has 1 aromatic carbocycles. The SMILES string of the molecule is Cc1ccc(/C=C/S(=O)(=O)N2CC(n3cc(CN4CCCC4=O)nn3)C2)cc1. The summed E-state index contributed by atoms with van der Waals surface area (Å²) < 4.78 is 28.0. The number of rotatable bonds is 6. The second-order valence-corrected chi connectivity index (χ2v) is 9.16. The van der Waals surface area contributed by atoms with Crippen LogP contribution in [-0.2, 0) is 21.4 Å². The van der Waals surface area contributed by atoms with Crippen molar-refractivity contribution in [3.8, 4) is 0 Å². The summed E-state index contributed by atoms with van der Waals surface area (Å²) in [4.78, 5) is 13.5. The number of nitrogens with zero attached hydrogens (tertiary/aromatic N) is 5. The molecule has 8 nitrogen and oxygen atoms in total. The van der Waals surface area contributed by atoms with Gasteiger partial charge in [-0.25, -0.2) is 13.1 Å². The first-order chi connectivity index (χ1) is 13.4. The van der Waals surface area contributed by atoms with Crippen molar-refractivity contribution < 1.29 is 13.2 Å². The lowest BCUT2D eigenvalue weighted by Crippen LogP contribution is -2.50. The highest BCUT2D eigenvalue weighted by Crippen LogP contribution is 2.25. The molecule has 0 spiro atoms. The number of carbonyl (C=O) groups excluding carboxylic acids is 1. The third-order valence-electron chi connectivity index (χ3n) is 5.15. The van der Waals surface area contributed by atoms with Gasteiger partial charge in [0.05, 0.1) is 18.8 Å². The summed E-state index contributed by atoms with van der Waals surface area (Å²) in [5, 5.41) is 9.49. The van der Waals surface area contributed by atoms with Gasteiger partial charge in [-0.2, -0.15) is 4.31 Å². The molecular formula is C19H23N5O3S. The van der Waals surface area contributed by atoms with E-state index in [2.05, 4.69) is 10.3 Å². The first-order valence-corrected chi connectivity index (χ1v) is 10.8. The molecule has 0 aliphatic carbocycles. The molecule has 3 heterocycles. The molecule has 2 fully saturated rings. The Labute approximate surface area is 164 Å². The zero-order chi connectivity index (χ0) is 19.7. The molecule has 4 rings (SSSR count). The average Bonchev–Trinajstić information content (AvgIpc) is 3.23. The Hall–Kier alpha value is -2.52. The summed E-state index contributed by atoms with van der Waals surface area (Å²) in [6, 6.07) is 7.65. The van der Waals surface area contributed by atoms with Crippen LogP contribution >= 0.6 is 0 Å².